The molecular formula is C19H28N2O4. The van der Waals surface area contributed by atoms with Crippen LogP contribution in [0.3, 0.4) is 0 Å². The van der Waals surface area contributed by atoms with Gasteiger partial charge in [0.15, 0.2) is 11.3 Å². The highest BCUT2D eigenvalue weighted by Crippen LogP contribution is 2.31. The third-order valence-corrected chi connectivity index (χ3v) is 3.84. The Kier molecular flexibility index (Phi) is 5.95. The zero-order chi connectivity index (χ0) is 18.6. The molecule has 6 heteroatoms. The molecular weight excluding hydrogens is 320 g/mol. The van der Waals surface area contributed by atoms with E-state index in [0.29, 0.717) is 30.2 Å². The number of carbonyl (C=O) groups is 1. The number of furan rings is 1. The summed E-state index contributed by atoms with van der Waals surface area (Å²) >= 11 is 0. The number of amides is 2. The molecule has 1 unspecified atom stereocenters. The lowest BCUT2D eigenvalue weighted by atomic mass is 10.1. The predicted molar refractivity (Wildman–Crippen MR) is 97.9 cm³/mol. The minimum Gasteiger partial charge on any atom is -0.490 e. The van der Waals surface area contributed by atoms with Gasteiger partial charge in [-0.1, -0.05) is 12.1 Å². The number of fused-ring (bicyclic) bond motifs is 1. The van der Waals surface area contributed by atoms with E-state index in [4.69, 9.17) is 9.15 Å². The van der Waals surface area contributed by atoms with E-state index in [9.17, 15) is 9.90 Å². The molecule has 138 valence electrons. The first-order chi connectivity index (χ1) is 11.7. The fraction of sp³-hybridized carbons (Fsp3) is 0.526. The third kappa shape index (κ3) is 4.89. The minimum absolute atomic E-state index is 0.234. The van der Waals surface area contributed by atoms with Crippen molar-refractivity contribution in [3.63, 3.8) is 0 Å². The molecule has 0 fully saturated rings. The average molecular weight is 348 g/mol. The summed E-state index contributed by atoms with van der Waals surface area (Å²) in [5, 5.41) is 13.8. The molecule has 1 heterocycles. The van der Waals surface area contributed by atoms with Gasteiger partial charge in [-0.3, -0.25) is 0 Å². The largest absolute Gasteiger partial charge is 0.490 e. The fourth-order valence-electron chi connectivity index (χ4n) is 2.68. The Bertz CT molecular complexity index is 718. The maximum Gasteiger partial charge on any atom is 0.318 e. The number of carbonyl (C=O) groups excluding carboxylic acids is 1. The van der Waals surface area contributed by atoms with E-state index in [1.54, 1.807) is 18.7 Å². The number of aliphatic hydroxyl groups is 1. The Morgan fingerprint density at radius 3 is 2.72 bits per heavy atom. The first kappa shape index (κ1) is 19.1. The number of ether oxygens (including phenoxy) is 1. The number of nitrogens with one attached hydrogen (secondary N) is 1. The summed E-state index contributed by atoms with van der Waals surface area (Å²) in [4.78, 5) is 14.0. The van der Waals surface area contributed by atoms with Crippen LogP contribution in [-0.4, -0.2) is 41.3 Å². The van der Waals surface area contributed by atoms with Crippen LogP contribution in [0.1, 0.15) is 46.4 Å². The Hall–Kier alpha value is -2.21. The van der Waals surface area contributed by atoms with Gasteiger partial charge in [-0.15, -0.1) is 0 Å². The van der Waals surface area contributed by atoms with Gasteiger partial charge in [-0.2, -0.15) is 0 Å². The molecule has 2 rings (SSSR count). The van der Waals surface area contributed by atoms with E-state index in [0.717, 1.165) is 5.39 Å². The van der Waals surface area contributed by atoms with Gasteiger partial charge in [0.05, 0.1) is 24.8 Å². The zero-order valence-electron chi connectivity index (χ0n) is 15.6. The molecule has 0 aliphatic carbocycles. The van der Waals surface area contributed by atoms with Gasteiger partial charge < -0.3 is 24.5 Å². The first-order valence-corrected chi connectivity index (χ1v) is 8.68. The maximum atomic E-state index is 12.5. The van der Waals surface area contributed by atoms with Crippen molar-refractivity contribution in [1.29, 1.82) is 0 Å². The summed E-state index contributed by atoms with van der Waals surface area (Å²) in [6.07, 6.45) is 0. The molecule has 2 aromatic rings. The Morgan fingerprint density at radius 1 is 1.40 bits per heavy atom. The van der Waals surface area contributed by atoms with Crippen LogP contribution in [0.15, 0.2) is 28.7 Å². The van der Waals surface area contributed by atoms with E-state index in [2.05, 4.69) is 5.32 Å². The predicted octanol–water partition coefficient (Wildman–Crippen LogP) is 3.69. The Labute approximate surface area is 148 Å². The van der Waals surface area contributed by atoms with E-state index in [-0.39, 0.29) is 18.6 Å². The number of benzene rings is 1. The zero-order valence-corrected chi connectivity index (χ0v) is 15.6. The van der Waals surface area contributed by atoms with Gasteiger partial charge in [0.1, 0.15) is 5.76 Å². The van der Waals surface area contributed by atoms with Crippen molar-refractivity contribution in [2.75, 3.05) is 19.7 Å². The molecule has 0 saturated heterocycles. The molecule has 0 bridgehead atoms. The maximum absolute atomic E-state index is 12.5. The van der Waals surface area contributed by atoms with Crippen LogP contribution in [0.4, 0.5) is 4.79 Å². The first-order valence-electron chi connectivity index (χ1n) is 8.68. The number of urea groups is 1. The highest BCUT2D eigenvalue weighted by Gasteiger charge is 2.23. The number of para-hydroxylation sites is 1. The number of likely N-dealkylation sites (N-methyl/N-ethyl adjacent to an activating group) is 1. The molecule has 1 aromatic heterocycles. The van der Waals surface area contributed by atoms with Crippen LogP contribution in [0.25, 0.3) is 11.0 Å². The van der Waals surface area contributed by atoms with Crippen molar-refractivity contribution >= 4 is 17.0 Å². The van der Waals surface area contributed by atoms with Gasteiger partial charge in [0.2, 0.25) is 0 Å². The monoisotopic (exact) mass is 348 g/mol. The second-order valence-electron chi connectivity index (χ2n) is 6.75. The molecule has 0 saturated carbocycles. The molecule has 2 N–H and O–H groups in total. The Morgan fingerprint density at radius 2 is 2.12 bits per heavy atom. The molecule has 0 aliphatic rings. The van der Waals surface area contributed by atoms with Crippen LogP contribution in [0.5, 0.6) is 5.75 Å². The smallest absolute Gasteiger partial charge is 0.318 e. The van der Waals surface area contributed by atoms with Crippen molar-refractivity contribution in [1.82, 2.24) is 10.2 Å². The van der Waals surface area contributed by atoms with Crippen LogP contribution in [0, 0.1) is 0 Å². The van der Waals surface area contributed by atoms with Gasteiger partial charge in [0.25, 0.3) is 0 Å². The number of hydrogen-bond acceptors (Lipinski definition) is 4. The highest BCUT2D eigenvalue weighted by atomic mass is 16.5. The van der Waals surface area contributed by atoms with Crippen molar-refractivity contribution in [2.24, 2.45) is 0 Å². The molecule has 0 aliphatic heterocycles. The molecule has 1 atom stereocenters. The quantitative estimate of drug-likeness (QED) is 0.800. The summed E-state index contributed by atoms with van der Waals surface area (Å²) in [7, 11) is 0. The topological polar surface area (TPSA) is 74.9 Å². The van der Waals surface area contributed by atoms with Crippen LogP contribution >= 0.6 is 0 Å². The van der Waals surface area contributed by atoms with Gasteiger partial charge in [0, 0.05) is 11.9 Å². The summed E-state index contributed by atoms with van der Waals surface area (Å²) in [6.45, 7) is 10.4. The van der Waals surface area contributed by atoms with Crippen LogP contribution in [0.2, 0.25) is 0 Å². The lowest BCUT2D eigenvalue weighted by Gasteiger charge is -2.29. The molecule has 6 nitrogen and oxygen atoms in total. The Balaban J connectivity index is 2.14. The minimum atomic E-state index is -0.942. The summed E-state index contributed by atoms with van der Waals surface area (Å²) < 4.78 is 11.5. The van der Waals surface area contributed by atoms with Gasteiger partial charge >= 0.3 is 6.03 Å². The summed E-state index contributed by atoms with van der Waals surface area (Å²) in [6, 6.07) is 7.11. The van der Waals surface area contributed by atoms with Crippen molar-refractivity contribution in [2.45, 2.75) is 46.3 Å². The van der Waals surface area contributed by atoms with Crippen molar-refractivity contribution in [3.8, 4) is 5.75 Å². The molecule has 25 heavy (non-hydrogen) atoms. The van der Waals surface area contributed by atoms with Crippen molar-refractivity contribution < 1.29 is 19.1 Å². The second kappa shape index (κ2) is 7.78. The SMILES string of the molecule is CCOc1cccc2cc(C(C)NC(=O)N(CC)CC(C)(C)O)oc12. The molecule has 0 radical (unpaired) electrons. The number of hydrogen-bond donors (Lipinski definition) is 2. The number of nitrogens with zero attached hydrogens (tertiary/aromatic N) is 1. The van der Waals surface area contributed by atoms with Gasteiger partial charge in [-0.05, 0) is 46.8 Å². The van der Waals surface area contributed by atoms with Crippen LogP contribution < -0.4 is 10.1 Å². The molecule has 1 aromatic carbocycles. The van der Waals surface area contributed by atoms with Crippen LogP contribution in [-0.2, 0) is 0 Å². The highest BCUT2D eigenvalue weighted by molar-refractivity contribution is 5.84. The normalized spacial score (nSPS) is 12.9. The van der Waals surface area contributed by atoms with Gasteiger partial charge in [-0.25, -0.2) is 4.79 Å². The molecule has 2 amide bonds. The standard InChI is InChI=1S/C19H28N2O4/c1-6-21(12-19(4,5)23)18(22)20-13(3)16-11-14-9-8-10-15(24-7-2)17(14)25-16/h8-11,13,23H,6-7,12H2,1-5H3,(H,20,22). The third-order valence-electron chi connectivity index (χ3n) is 3.84. The van der Waals surface area contributed by atoms with E-state index >= 15 is 0 Å². The summed E-state index contributed by atoms with van der Waals surface area (Å²) in [5.74, 6) is 1.36. The summed E-state index contributed by atoms with van der Waals surface area (Å²) in [5.41, 5.74) is -0.258. The lowest BCUT2D eigenvalue weighted by molar-refractivity contribution is 0.0475. The lowest BCUT2D eigenvalue weighted by Crippen LogP contribution is -2.47. The van der Waals surface area contributed by atoms with E-state index in [1.807, 2.05) is 45.0 Å². The average Bonchev–Trinajstić information content (AvgIpc) is 2.97. The van der Waals surface area contributed by atoms with Crippen molar-refractivity contribution in [3.05, 3.63) is 30.0 Å². The second-order valence-corrected chi connectivity index (χ2v) is 6.75. The molecule has 0 spiro atoms. The fourth-order valence-corrected chi connectivity index (χ4v) is 2.68. The van der Waals surface area contributed by atoms with E-state index in [1.165, 1.54) is 0 Å². The number of rotatable bonds is 7. The van der Waals surface area contributed by atoms with E-state index < -0.39 is 5.60 Å².